The first kappa shape index (κ1) is 22.8. The summed E-state index contributed by atoms with van der Waals surface area (Å²) in [6.07, 6.45) is 3.80. The summed E-state index contributed by atoms with van der Waals surface area (Å²) in [5.41, 5.74) is -2.28. The highest BCUT2D eigenvalue weighted by Crippen LogP contribution is 2.61. The molecule has 3 fully saturated rings. The molecule has 1 saturated carbocycles. The molecule has 1 N–H and O–H groups in total. The van der Waals surface area contributed by atoms with Gasteiger partial charge >= 0.3 is 5.97 Å². The van der Waals surface area contributed by atoms with Crippen LogP contribution in [0.1, 0.15) is 44.7 Å². The van der Waals surface area contributed by atoms with Crippen molar-refractivity contribution in [3.63, 3.8) is 0 Å². The van der Waals surface area contributed by atoms with Crippen LogP contribution in [0.15, 0.2) is 66.7 Å². The van der Waals surface area contributed by atoms with E-state index in [9.17, 15) is 14.7 Å². The van der Waals surface area contributed by atoms with E-state index in [2.05, 4.69) is 0 Å². The first-order valence-electron chi connectivity index (χ1n) is 12.2. The fourth-order valence-electron chi connectivity index (χ4n) is 6.81. The monoisotopic (exact) mass is 493 g/mol. The van der Waals surface area contributed by atoms with Crippen molar-refractivity contribution in [3.8, 4) is 0 Å². The van der Waals surface area contributed by atoms with Gasteiger partial charge in [-0.05, 0) is 61.6 Å². The minimum Gasteiger partial charge on any atom is -0.459 e. The Balaban J connectivity index is 1.47. The normalized spacial score (nSPS) is 40.1. The number of ether oxygens (including phenoxy) is 1. The predicted octanol–water partition coefficient (Wildman–Crippen LogP) is 4.81. The van der Waals surface area contributed by atoms with Crippen molar-refractivity contribution < 1.29 is 24.3 Å². The highest BCUT2D eigenvalue weighted by molar-refractivity contribution is 6.31. The number of anilines is 1. The molecule has 0 aromatic heterocycles. The van der Waals surface area contributed by atoms with Crippen molar-refractivity contribution >= 4 is 29.0 Å². The summed E-state index contributed by atoms with van der Waals surface area (Å²) in [4.78, 5) is 33.6. The Morgan fingerprint density at radius 2 is 1.77 bits per heavy atom. The number of rotatable bonds is 2. The lowest BCUT2D eigenvalue weighted by Gasteiger charge is -2.43. The number of nitrogens with zero attached hydrogens (tertiary/aromatic N) is 1. The molecule has 2 saturated heterocycles. The first-order valence-corrected chi connectivity index (χ1v) is 12.5. The summed E-state index contributed by atoms with van der Waals surface area (Å²) < 4.78 is 6.04. The minimum atomic E-state index is -1.38. The number of fused-ring (bicyclic) bond motifs is 4. The van der Waals surface area contributed by atoms with Gasteiger partial charge in [0.15, 0.2) is 5.78 Å². The van der Waals surface area contributed by atoms with Gasteiger partial charge in [0.05, 0.1) is 17.1 Å². The standard InChI is InChI=1S/C28H28ClNO5/c1-17-12-13-20-24(26(2)23(31)14-15-28(17,26)33)34-25(32)27(20)16-22(19-10-6-7-11-21(19)29)30(35-27)18-8-4-3-5-9-18/h3-11,14-15,17,20,22,24,33H,12-13,16H2,1-2H3/t17-,20+,22+,24+,26-,27?,28+/m0/s1. The lowest BCUT2D eigenvalue weighted by Crippen LogP contribution is -2.57. The molecule has 2 aliphatic carbocycles. The number of carbonyl (C=O) groups excluding carboxylic acids is 2. The molecule has 7 atom stereocenters. The molecule has 6 nitrogen and oxygen atoms in total. The molecule has 2 heterocycles. The van der Waals surface area contributed by atoms with Gasteiger partial charge < -0.3 is 9.84 Å². The SMILES string of the molecule is C[C@H]1CC[C@@H]2[C@@H](OC(=O)C23C[C@H](c2ccccc2Cl)N(c2ccccc2)O3)[C@]2(C)C(=O)C=C[C@@]12O. The van der Waals surface area contributed by atoms with Crippen molar-refractivity contribution in [2.75, 3.05) is 5.06 Å². The van der Waals surface area contributed by atoms with Gasteiger partial charge in [-0.1, -0.05) is 54.9 Å². The number of benzene rings is 2. The topological polar surface area (TPSA) is 76.1 Å². The van der Waals surface area contributed by atoms with E-state index in [1.807, 2.05) is 61.5 Å². The molecule has 0 amide bonds. The van der Waals surface area contributed by atoms with Gasteiger partial charge in [-0.25, -0.2) is 9.86 Å². The second-order valence-corrected chi connectivity index (χ2v) is 10.9. The van der Waals surface area contributed by atoms with E-state index in [-0.39, 0.29) is 17.7 Å². The van der Waals surface area contributed by atoms with E-state index in [1.54, 1.807) is 18.1 Å². The summed E-state index contributed by atoms with van der Waals surface area (Å²) >= 11 is 6.62. The van der Waals surface area contributed by atoms with Gasteiger partial charge in [0.2, 0.25) is 5.60 Å². The molecular weight excluding hydrogens is 466 g/mol. The van der Waals surface area contributed by atoms with Crippen molar-refractivity contribution in [2.24, 2.45) is 17.3 Å². The second kappa shape index (κ2) is 7.66. The number of esters is 1. The van der Waals surface area contributed by atoms with Crippen molar-refractivity contribution in [1.29, 1.82) is 0 Å². The predicted molar refractivity (Wildman–Crippen MR) is 131 cm³/mol. The Hall–Kier alpha value is -2.67. The first-order chi connectivity index (χ1) is 16.7. The van der Waals surface area contributed by atoms with E-state index >= 15 is 0 Å². The minimum absolute atomic E-state index is 0.178. The van der Waals surface area contributed by atoms with Gasteiger partial charge in [0.25, 0.3) is 0 Å². The van der Waals surface area contributed by atoms with Crippen LogP contribution >= 0.6 is 11.6 Å². The highest BCUT2D eigenvalue weighted by Gasteiger charge is 2.74. The van der Waals surface area contributed by atoms with Gasteiger partial charge in [-0.2, -0.15) is 0 Å². The maximum atomic E-state index is 13.7. The van der Waals surface area contributed by atoms with E-state index in [1.165, 1.54) is 6.08 Å². The fraction of sp³-hybridized carbons (Fsp3) is 0.429. The number of hydroxylamine groups is 1. The number of ketones is 1. The number of hydrogen-bond donors (Lipinski definition) is 1. The highest BCUT2D eigenvalue weighted by atomic mass is 35.5. The van der Waals surface area contributed by atoms with Crippen LogP contribution in [-0.4, -0.2) is 34.2 Å². The number of hydrogen-bond acceptors (Lipinski definition) is 6. The quantitative estimate of drug-likeness (QED) is 0.605. The molecule has 1 unspecified atom stereocenters. The van der Waals surface area contributed by atoms with Gasteiger partial charge in [-0.3, -0.25) is 9.63 Å². The third-order valence-corrected chi connectivity index (χ3v) is 9.27. The Morgan fingerprint density at radius 3 is 2.51 bits per heavy atom. The molecule has 182 valence electrons. The zero-order chi connectivity index (χ0) is 24.6. The maximum Gasteiger partial charge on any atom is 0.342 e. The smallest absolute Gasteiger partial charge is 0.342 e. The Morgan fingerprint density at radius 1 is 1.06 bits per heavy atom. The van der Waals surface area contributed by atoms with Crippen LogP contribution in [0.5, 0.6) is 0 Å². The van der Waals surface area contributed by atoms with Crippen LogP contribution in [0.4, 0.5) is 5.69 Å². The molecule has 1 spiro atoms. The third kappa shape index (κ3) is 2.90. The Bertz CT molecular complexity index is 1230. The molecule has 6 rings (SSSR count). The summed E-state index contributed by atoms with van der Waals surface area (Å²) in [5, 5.41) is 14.0. The van der Waals surface area contributed by atoms with E-state index in [0.717, 1.165) is 11.3 Å². The lowest BCUT2D eigenvalue weighted by molar-refractivity contribution is -0.169. The molecule has 0 bridgehead atoms. The second-order valence-electron chi connectivity index (χ2n) is 10.5. The summed E-state index contributed by atoms with van der Waals surface area (Å²) in [5.74, 6) is -1.28. The van der Waals surface area contributed by atoms with Crippen molar-refractivity contribution in [2.45, 2.75) is 56.5 Å². The maximum absolute atomic E-state index is 13.7. The van der Waals surface area contributed by atoms with Gasteiger partial charge in [-0.15, -0.1) is 0 Å². The Kier molecular flexibility index (Phi) is 4.99. The lowest BCUT2D eigenvalue weighted by atomic mass is 9.63. The zero-order valence-electron chi connectivity index (χ0n) is 19.7. The van der Waals surface area contributed by atoms with Crippen LogP contribution in [0, 0.1) is 17.3 Å². The van der Waals surface area contributed by atoms with Crippen LogP contribution in [0.2, 0.25) is 5.02 Å². The number of halogens is 1. The van der Waals surface area contributed by atoms with E-state index in [0.29, 0.717) is 24.3 Å². The number of allylic oxidation sites excluding steroid dienone is 1. The van der Waals surface area contributed by atoms with Gasteiger partial charge in [0, 0.05) is 17.4 Å². The molecule has 4 aliphatic rings. The molecule has 7 heteroatoms. The Labute approximate surface area is 209 Å². The van der Waals surface area contributed by atoms with Crippen LogP contribution in [0.25, 0.3) is 0 Å². The largest absolute Gasteiger partial charge is 0.459 e. The van der Waals surface area contributed by atoms with Crippen LogP contribution in [0.3, 0.4) is 0 Å². The fourth-order valence-corrected chi connectivity index (χ4v) is 7.08. The molecular formula is C28H28ClNO5. The molecule has 35 heavy (non-hydrogen) atoms. The average Bonchev–Trinajstić information content (AvgIpc) is 3.45. The van der Waals surface area contributed by atoms with Crippen LogP contribution in [-0.2, 0) is 19.2 Å². The average molecular weight is 494 g/mol. The summed E-state index contributed by atoms with van der Waals surface area (Å²) in [6, 6.07) is 16.9. The molecule has 2 aromatic rings. The number of aliphatic hydroxyl groups is 1. The molecule has 0 radical (unpaired) electrons. The number of para-hydroxylation sites is 1. The van der Waals surface area contributed by atoms with Crippen molar-refractivity contribution in [1.82, 2.24) is 0 Å². The number of carbonyl (C=O) groups is 2. The van der Waals surface area contributed by atoms with Crippen molar-refractivity contribution in [3.05, 3.63) is 77.3 Å². The molecule has 2 aromatic carbocycles. The summed E-state index contributed by atoms with van der Waals surface area (Å²) in [6.45, 7) is 3.69. The van der Waals surface area contributed by atoms with Crippen LogP contribution < -0.4 is 5.06 Å². The van der Waals surface area contributed by atoms with E-state index < -0.39 is 34.6 Å². The third-order valence-electron chi connectivity index (χ3n) is 8.92. The summed E-state index contributed by atoms with van der Waals surface area (Å²) in [7, 11) is 0. The van der Waals surface area contributed by atoms with Gasteiger partial charge in [0.1, 0.15) is 11.7 Å². The van der Waals surface area contributed by atoms with E-state index in [4.69, 9.17) is 21.2 Å². The molecule has 2 aliphatic heterocycles. The zero-order valence-corrected chi connectivity index (χ0v) is 20.4.